The maximum atomic E-state index is 9.40. The molecule has 18 heavy (non-hydrogen) atoms. The Morgan fingerprint density at radius 3 is 2.89 bits per heavy atom. The number of nitrogens with one attached hydrogen (secondary N) is 1. The molecule has 0 unspecified atom stereocenters. The van der Waals surface area contributed by atoms with Crippen molar-refractivity contribution < 1.29 is 4.98 Å². The van der Waals surface area contributed by atoms with E-state index in [0.717, 1.165) is 16.2 Å². The van der Waals surface area contributed by atoms with E-state index in [4.69, 9.17) is 0 Å². The second-order valence-electron chi connectivity index (χ2n) is 4.41. The highest BCUT2D eigenvalue weighted by Crippen LogP contribution is 2.41. The van der Waals surface area contributed by atoms with Crippen LogP contribution >= 0.6 is 23.1 Å². The first-order valence-electron chi connectivity index (χ1n) is 5.91. The van der Waals surface area contributed by atoms with Crippen LogP contribution in [0.3, 0.4) is 0 Å². The summed E-state index contributed by atoms with van der Waals surface area (Å²) in [5.74, 6) is 0.669. The SMILES string of the molecule is CSc1[nH+]c(C2CC2)cc(-c2cccs2)c1C#N. The van der Waals surface area contributed by atoms with E-state index in [9.17, 15) is 5.26 Å². The Morgan fingerprint density at radius 2 is 2.33 bits per heavy atom. The third-order valence-electron chi connectivity index (χ3n) is 3.17. The van der Waals surface area contributed by atoms with Crippen LogP contribution in [0.15, 0.2) is 28.6 Å². The highest BCUT2D eigenvalue weighted by Gasteiger charge is 2.32. The summed E-state index contributed by atoms with van der Waals surface area (Å²) < 4.78 is 0. The number of rotatable bonds is 3. The molecule has 0 radical (unpaired) electrons. The number of hydrogen-bond acceptors (Lipinski definition) is 3. The molecule has 0 aromatic carbocycles. The first kappa shape index (κ1) is 11.8. The fourth-order valence-electron chi connectivity index (χ4n) is 2.08. The molecule has 1 saturated carbocycles. The van der Waals surface area contributed by atoms with Gasteiger partial charge in [0.2, 0.25) is 0 Å². The Kier molecular flexibility index (Phi) is 3.11. The molecule has 0 atom stereocenters. The molecule has 2 aromatic heterocycles. The lowest BCUT2D eigenvalue weighted by molar-refractivity contribution is -0.438. The van der Waals surface area contributed by atoms with E-state index >= 15 is 0 Å². The molecule has 1 aliphatic rings. The maximum Gasteiger partial charge on any atom is 0.256 e. The molecule has 1 fully saturated rings. The van der Waals surface area contributed by atoms with Crippen molar-refractivity contribution in [2.24, 2.45) is 0 Å². The quantitative estimate of drug-likeness (QED) is 0.800. The van der Waals surface area contributed by atoms with Gasteiger partial charge in [-0.15, -0.1) is 11.3 Å². The summed E-state index contributed by atoms with van der Waals surface area (Å²) in [4.78, 5) is 4.60. The summed E-state index contributed by atoms with van der Waals surface area (Å²) in [6.07, 6.45) is 4.54. The van der Waals surface area contributed by atoms with Gasteiger partial charge in [-0.25, -0.2) is 4.98 Å². The van der Waals surface area contributed by atoms with Crippen molar-refractivity contribution >= 4 is 23.1 Å². The molecule has 90 valence electrons. The van der Waals surface area contributed by atoms with Crippen LogP contribution in [-0.2, 0) is 0 Å². The van der Waals surface area contributed by atoms with Gasteiger partial charge in [0, 0.05) is 22.4 Å². The lowest BCUT2D eigenvalue weighted by Crippen LogP contribution is -2.15. The van der Waals surface area contributed by atoms with Crippen LogP contribution in [0.2, 0.25) is 0 Å². The number of nitrogens with zero attached hydrogens (tertiary/aromatic N) is 1. The van der Waals surface area contributed by atoms with Gasteiger partial charge in [-0.05, 0) is 30.5 Å². The Morgan fingerprint density at radius 1 is 1.50 bits per heavy atom. The molecule has 2 heterocycles. The zero-order valence-corrected chi connectivity index (χ0v) is 11.7. The largest absolute Gasteiger partial charge is 0.256 e. The molecular weight excluding hydrogens is 260 g/mol. The van der Waals surface area contributed by atoms with Crippen molar-refractivity contribution in [2.75, 3.05) is 6.26 Å². The van der Waals surface area contributed by atoms with Gasteiger partial charge in [0.1, 0.15) is 11.6 Å². The zero-order chi connectivity index (χ0) is 12.5. The minimum absolute atomic E-state index is 0.669. The molecular formula is C14H13N2S2+. The predicted molar refractivity (Wildman–Crippen MR) is 74.8 cm³/mol. The lowest BCUT2D eigenvalue weighted by Gasteiger charge is -2.03. The van der Waals surface area contributed by atoms with Crippen molar-refractivity contribution in [1.82, 2.24) is 0 Å². The molecule has 3 rings (SSSR count). The van der Waals surface area contributed by atoms with Gasteiger partial charge in [-0.2, -0.15) is 5.26 Å². The summed E-state index contributed by atoms with van der Waals surface area (Å²) in [5.41, 5.74) is 3.13. The standard InChI is InChI=1S/C14H12N2S2/c1-17-14-11(8-15)10(13-3-2-6-18-13)7-12(16-14)9-4-5-9/h2-3,6-7,9H,4-5H2,1H3/p+1. The maximum absolute atomic E-state index is 9.40. The molecule has 1 N–H and O–H groups in total. The summed E-state index contributed by atoms with van der Waals surface area (Å²) in [6.45, 7) is 0. The molecule has 0 saturated heterocycles. The molecule has 2 nitrogen and oxygen atoms in total. The fourth-order valence-corrected chi connectivity index (χ4v) is 3.41. The second-order valence-corrected chi connectivity index (χ2v) is 6.17. The minimum atomic E-state index is 0.669. The van der Waals surface area contributed by atoms with E-state index in [2.05, 4.69) is 28.6 Å². The van der Waals surface area contributed by atoms with Gasteiger partial charge in [0.15, 0.2) is 5.69 Å². The first-order chi connectivity index (χ1) is 8.83. The second kappa shape index (κ2) is 4.75. The van der Waals surface area contributed by atoms with Crippen LogP contribution in [-0.4, -0.2) is 6.26 Å². The summed E-state index contributed by atoms with van der Waals surface area (Å²) >= 11 is 3.31. The highest BCUT2D eigenvalue weighted by molar-refractivity contribution is 7.98. The monoisotopic (exact) mass is 273 g/mol. The number of nitriles is 1. The van der Waals surface area contributed by atoms with E-state index in [-0.39, 0.29) is 0 Å². The third kappa shape index (κ3) is 2.05. The van der Waals surface area contributed by atoms with E-state index in [1.165, 1.54) is 23.4 Å². The number of H-pyrrole nitrogens is 1. The smallest absolute Gasteiger partial charge is 0.202 e. The van der Waals surface area contributed by atoms with Crippen molar-refractivity contribution in [3.8, 4) is 16.5 Å². The van der Waals surface area contributed by atoms with Crippen molar-refractivity contribution in [1.29, 1.82) is 5.26 Å². The van der Waals surface area contributed by atoms with E-state index in [0.29, 0.717) is 5.92 Å². The molecule has 4 heteroatoms. The molecule has 0 amide bonds. The number of hydrogen-bond donors (Lipinski definition) is 0. The van der Waals surface area contributed by atoms with Crippen LogP contribution in [0, 0.1) is 11.3 Å². The van der Waals surface area contributed by atoms with Gasteiger partial charge < -0.3 is 0 Å². The number of pyridine rings is 1. The van der Waals surface area contributed by atoms with Gasteiger partial charge in [0.25, 0.3) is 5.03 Å². The van der Waals surface area contributed by atoms with Gasteiger partial charge in [-0.3, -0.25) is 0 Å². The number of thioether (sulfide) groups is 1. The summed E-state index contributed by atoms with van der Waals surface area (Å²) in [7, 11) is 0. The Balaban J connectivity index is 2.21. The predicted octanol–water partition coefficient (Wildman–Crippen LogP) is 3.70. The van der Waals surface area contributed by atoms with Crippen molar-refractivity contribution in [3.05, 3.63) is 34.8 Å². The molecule has 0 aliphatic heterocycles. The number of aromatic amines is 1. The average molecular weight is 273 g/mol. The Bertz CT molecular complexity index is 607. The average Bonchev–Trinajstić information content (AvgIpc) is 3.12. The highest BCUT2D eigenvalue weighted by atomic mass is 32.2. The minimum Gasteiger partial charge on any atom is -0.202 e. The van der Waals surface area contributed by atoms with Crippen LogP contribution in [0.1, 0.15) is 30.0 Å². The fraction of sp³-hybridized carbons (Fsp3) is 0.286. The lowest BCUT2D eigenvalue weighted by atomic mass is 10.1. The topological polar surface area (TPSA) is 37.9 Å². The van der Waals surface area contributed by atoms with E-state index in [1.807, 2.05) is 12.3 Å². The summed E-state index contributed by atoms with van der Waals surface area (Å²) in [6, 6.07) is 8.63. The van der Waals surface area contributed by atoms with Crippen LogP contribution in [0.25, 0.3) is 10.4 Å². The van der Waals surface area contributed by atoms with E-state index < -0.39 is 0 Å². The molecule has 0 spiro atoms. The van der Waals surface area contributed by atoms with Gasteiger partial charge >= 0.3 is 0 Å². The molecule has 0 bridgehead atoms. The Labute approximate surface area is 115 Å². The summed E-state index contributed by atoms with van der Waals surface area (Å²) in [5, 5.41) is 12.4. The van der Waals surface area contributed by atoms with Crippen molar-refractivity contribution in [3.63, 3.8) is 0 Å². The van der Waals surface area contributed by atoms with Crippen LogP contribution in [0.5, 0.6) is 0 Å². The normalized spacial score (nSPS) is 14.4. The van der Waals surface area contributed by atoms with Crippen LogP contribution in [0.4, 0.5) is 0 Å². The first-order valence-corrected chi connectivity index (χ1v) is 8.02. The van der Waals surface area contributed by atoms with E-state index in [1.54, 1.807) is 23.1 Å². The number of thiophene rings is 1. The van der Waals surface area contributed by atoms with Crippen molar-refractivity contribution in [2.45, 2.75) is 23.8 Å². The van der Waals surface area contributed by atoms with Crippen LogP contribution < -0.4 is 4.98 Å². The number of aromatic nitrogens is 1. The Hall–Kier alpha value is -1.31. The van der Waals surface area contributed by atoms with Gasteiger partial charge in [-0.1, -0.05) is 17.8 Å². The third-order valence-corrected chi connectivity index (χ3v) is 4.79. The molecule has 1 aliphatic carbocycles. The molecule has 2 aromatic rings. The van der Waals surface area contributed by atoms with Gasteiger partial charge in [0.05, 0.1) is 0 Å². The zero-order valence-electron chi connectivity index (χ0n) is 10.1.